The normalized spacial score (nSPS) is 28.4. The summed E-state index contributed by atoms with van der Waals surface area (Å²) >= 11 is 0. The number of carboxylic acid groups (broad SMARTS) is 1. The second kappa shape index (κ2) is 3.56. The summed E-state index contributed by atoms with van der Waals surface area (Å²) in [5.41, 5.74) is 0. The van der Waals surface area contributed by atoms with Crippen LogP contribution in [-0.4, -0.2) is 24.0 Å². The van der Waals surface area contributed by atoms with Gasteiger partial charge in [0, 0.05) is 7.05 Å². The Morgan fingerprint density at radius 3 is 2.42 bits per heavy atom. The molecule has 1 aliphatic rings. The molecule has 1 saturated carbocycles. The molecule has 0 aromatic rings. The van der Waals surface area contributed by atoms with Gasteiger partial charge >= 0.3 is 5.97 Å². The molecule has 68 valence electrons. The molecule has 0 heterocycles. The molecule has 1 rings (SSSR count). The van der Waals surface area contributed by atoms with E-state index in [1.54, 1.807) is 7.05 Å². The predicted octanol–water partition coefficient (Wildman–Crippen LogP) is 0.233. The molecule has 0 radical (unpaired) electrons. The Morgan fingerprint density at radius 1 is 1.33 bits per heavy atom. The maximum atomic E-state index is 11.2. The second-order valence-corrected chi connectivity index (χ2v) is 3.10. The third-order valence-corrected chi connectivity index (χ3v) is 2.42. The molecule has 2 N–H and O–H groups in total. The van der Waals surface area contributed by atoms with Crippen LogP contribution < -0.4 is 5.32 Å². The Morgan fingerprint density at radius 2 is 1.92 bits per heavy atom. The third-order valence-electron chi connectivity index (χ3n) is 2.42. The highest BCUT2D eigenvalue weighted by molar-refractivity contribution is 5.84. The number of carboxylic acids is 1. The summed E-state index contributed by atoms with van der Waals surface area (Å²) in [6.45, 7) is 0. The topological polar surface area (TPSA) is 66.4 Å². The fourth-order valence-corrected chi connectivity index (χ4v) is 1.75. The molecule has 0 unspecified atom stereocenters. The summed E-state index contributed by atoms with van der Waals surface area (Å²) < 4.78 is 0. The molecule has 4 heteroatoms. The summed E-state index contributed by atoms with van der Waals surface area (Å²) in [6.07, 6.45) is 2.18. The van der Waals surface area contributed by atoms with Crippen LogP contribution in [0.3, 0.4) is 0 Å². The second-order valence-electron chi connectivity index (χ2n) is 3.10. The summed E-state index contributed by atoms with van der Waals surface area (Å²) in [5, 5.41) is 11.2. The molecule has 0 aromatic carbocycles. The number of rotatable bonds is 2. The van der Waals surface area contributed by atoms with E-state index in [0.29, 0.717) is 12.8 Å². The number of hydrogen-bond donors (Lipinski definition) is 2. The van der Waals surface area contributed by atoms with Crippen molar-refractivity contribution in [2.75, 3.05) is 7.05 Å². The monoisotopic (exact) mass is 171 g/mol. The van der Waals surface area contributed by atoms with E-state index in [0.717, 1.165) is 6.42 Å². The van der Waals surface area contributed by atoms with E-state index in [1.807, 2.05) is 0 Å². The van der Waals surface area contributed by atoms with Crippen LogP contribution in [0.25, 0.3) is 0 Å². The van der Waals surface area contributed by atoms with Crippen molar-refractivity contribution in [3.8, 4) is 0 Å². The fourth-order valence-electron chi connectivity index (χ4n) is 1.75. The zero-order valence-corrected chi connectivity index (χ0v) is 7.04. The van der Waals surface area contributed by atoms with Crippen LogP contribution in [-0.2, 0) is 9.59 Å². The Hall–Kier alpha value is -1.06. The van der Waals surface area contributed by atoms with Gasteiger partial charge in [-0.1, -0.05) is 6.42 Å². The lowest BCUT2D eigenvalue weighted by Crippen LogP contribution is -2.32. The number of carbonyl (C=O) groups excluding carboxylic acids is 1. The Bertz CT molecular complexity index is 202. The minimum Gasteiger partial charge on any atom is -0.481 e. The standard InChI is InChI=1S/C8H13NO3/c1-9-7(10)5-3-2-4-6(5)8(11)12/h5-6H,2-4H2,1H3,(H,9,10)(H,11,12)/t5-,6+/m1/s1. The first kappa shape index (κ1) is 9.03. The van der Waals surface area contributed by atoms with E-state index >= 15 is 0 Å². The first-order valence-electron chi connectivity index (χ1n) is 4.11. The van der Waals surface area contributed by atoms with Gasteiger partial charge in [-0.05, 0) is 12.8 Å². The lowest BCUT2D eigenvalue weighted by Gasteiger charge is -2.12. The number of hydrogen-bond acceptors (Lipinski definition) is 2. The van der Waals surface area contributed by atoms with Gasteiger partial charge < -0.3 is 10.4 Å². The van der Waals surface area contributed by atoms with Crippen molar-refractivity contribution >= 4 is 11.9 Å². The van der Waals surface area contributed by atoms with E-state index in [-0.39, 0.29) is 11.8 Å². The molecule has 0 aromatic heterocycles. The molecule has 1 amide bonds. The van der Waals surface area contributed by atoms with Crippen LogP contribution in [0.1, 0.15) is 19.3 Å². The van der Waals surface area contributed by atoms with Crippen LogP contribution in [0.5, 0.6) is 0 Å². The van der Waals surface area contributed by atoms with Crippen LogP contribution in [0.15, 0.2) is 0 Å². The zero-order chi connectivity index (χ0) is 9.14. The van der Waals surface area contributed by atoms with Crippen molar-refractivity contribution in [1.29, 1.82) is 0 Å². The molecule has 0 aliphatic heterocycles. The summed E-state index contributed by atoms with van der Waals surface area (Å²) in [7, 11) is 1.54. The molecule has 1 fully saturated rings. The smallest absolute Gasteiger partial charge is 0.307 e. The SMILES string of the molecule is CNC(=O)[C@@H]1CCC[C@@H]1C(=O)O. The Kier molecular flexibility index (Phi) is 2.68. The van der Waals surface area contributed by atoms with Crippen LogP contribution >= 0.6 is 0 Å². The Labute approximate surface area is 71.0 Å². The van der Waals surface area contributed by atoms with Gasteiger partial charge in [0.2, 0.25) is 5.91 Å². The van der Waals surface area contributed by atoms with Crippen molar-refractivity contribution < 1.29 is 14.7 Å². The largest absolute Gasteiger partial charge is 0.481 e. The lowest BCUT2D eigenvalue weighted by atomic mass is 9.95. The predicted molar refractivity (Wildman–Crippen MR) is 42.5 cm³/mol. The zero-order valence-electron chi connectivity index (χ0n) is 7.04. The molecule has 2 atom stereocenters. The maximum Gasteiger partial charge on any atom is 0.307 e. The van der Waals surface area contributed by atoms with E-state index in [4.69, 9.17) is 5.11 Å². The van der Waals surface area contributed by atoms with Gasteiger partial charge in [-0.3, -0.25) is 9.59 Å². The average molecular weight is 171 g/mol. The highest BCUT2D eigenvalue weighted by Crippen LogP contribution is 2.31. The number of amides is 1. The highest BCUT2D eigenvalue weighted by Gasteiger charge is 2.36. The van der Waals surface area contributed by atoms with Crippen LogP contribution in [0.2, 0.25) is 0 Å². The van der Waals surface area contributed by atoms with Crippen molar-refractivity contribution in [3.63, 3.8) is 0 Å². The van der Waals surface area contributed by atoms with E-state index in [9.17, 15) is 9.59 Å². The molecule has 1 aliphatic carbocycles. The van der Waals surface area contributed by atoms with E-state index < -0.39 is 11.9 Å². The van der Waals surface area contributed by atoms with E-state index in [1.165, 1.54) is 0 Å². The van der Waals surface area contributed by atoms with Gasteiger partial charge in [-0.25, -0.2) is 0 Å². The molecular weight excluding hydrogens is 158 g/mol. The third kappa shape index (κ3) is 1.57. The first-order chi connectivity index (χ1) is 5.66. The van der Waals surface area contributed by atoms with Crippen molar-refractivity contribution in [2.45, 2.75) is 19.3 Å². The van der Waals surface area contributed by atoms with Crippen molar-refractivity contribution in [3.05, 3.63) is 0 Å². The Balaban J connectivity index is 2.63. The quantitative estimate of drug-likeness (QED) is 0.625. The van der Waals surface area contributed by atoms with Crippen molar-refractivity contribution in [1.82, 2.24) is 5.32 Å². The highest BCUT2D eigenvalue weighted by atomic mass is 16.4. The fraction of sp³-hybridized carbons (Fsp3) is 0.750. The van der Waals surface area contributed by atoms with Crippen molar-refractivity contribution in [2.24, 2.45) is 11.8 Å². The molecular formula is C8H13NO3. The number of aliphatic carboxylic acids is 1. The van der Waals surface area contributed by atoms with Gasteiger partial charge in [-0.15, -0.1) is 0 Å². The molecule has 12 heavy (non-hydrogen) atoms. The summed E-state index contributed by atoms with van der Waals surface area (Å²) in [4.78, 5) is 21.8. The average Bonchev–Trinajstić information content (AvgIpc) is 2.50. The maximum absolute atomic E-state index is 11.2. The van der Waals surface area contributed by atoms with E-state index in [2.05, 4.69) is 5.32 Å². The number of nitrogens with one attached hydrogen (secondary N) is 1. The van der Waals surface area contributed by atoms with Crippen LogP contribution in [0, 0.1) is 11.8 Å². The molecule has 0 bridgehead atoms. The molecule has 4 nitrogen and oxygen atoms in total. The molecule has 0 spiro atoms. The van der Waals surface area contributed by atoms with Gasteiger partial charge in [0.15, 0.2) is 0 Å². The first-order valence-corrected chi connectivity index (χ1v) is 4.11. The summed E-state index contributed by atoms with van der Waals surface area (Å²) in [5.74, 6) is -1.77. The van der Waals surface area contributed by atoms with Gasteiger partial charge in [-0.2, -0.15) is 0 Å². The molecule has 0 saturated heterocycles. The minimum absolute atomic E-state index is 0.139. The van der Waals surface area contributed by atoms with Gasteiger partial charge in [0.05, 0.1) is 11.8 Å². The lowest BCUT2D eigenvalue weighted by molar-refractivity contribution is -0.146. The number of carbonyl (C=O) groups is 2. The van der Waals surface area contributed by atoms with Gasteiger partial charge in [0.1, 0.15) is 0 Å². The van der Waals surface area contributed by atoms with Crippen LogP contribution in [0.4, 0.5) is 0 Å². The summed E-state index contributed by atoms with van der Waals surface area (Å²) in [6, 6.07) is 0. The van der Waals surface area contributed by atoms with Gasteiger partial charge in [0.25, 0.3) is 0 Å². The minimum atomic E-state index is -0.846.